The minimum Gasteiger partial charge on any atom is -0.457 e. The van der Waals surface area contributed by atoms with E-state index in [0.29, 0.717) is 17.1 Å². The number of hydrogen-bond donors (Lipinski definition) is 0. The van der Waals surface area contributed by atoms with Crippen molar-refractivity contribution in [3.63, 3.8) is 0 Å². The van der Waals surface area contributed by atoms with Gasteiger partial charge in [-0.05, 0) is 29.7 Å². The maximum absolute atomic E-state index is 12.3. The van der Waals surface area contributed by atoms with Crippen molar-refractivity contribution in [2.75, 3.05) is 0 Å². The van der Waals surface area contributed by atoms with Gasteiger partial charge in [-0.15, -0.1) is 0 Å². The van der Waals surface area contributed by atoms with Crippen molar-refractivity contribution in [1.29, 1.82) is 5.26 Å². The van der Waals surface area contributed by atoms with Crippen LogP contribution in [-0.4, -0.2) is 12.3 Å². The van der Waals surface area contributed by atoms with Crippen LogP contribution in [0.1, 0.15) is 25.5 Å². The molecule has 0 radical (unpaired) electrons. The predicted molar refractivity (Wildman–Crippen MR) is 94.2 cm³/mol. The molecule has 0 saturated heterocycles. The molecule has 2 aromatic carbocycles. The Kier molecular flexibility index (Phi) is 4.77. The number of carbonyl (C=O) groups excluding carboxylic acids is 2. The second kappa shape index (κ2) is 7.01. The predicted octanol–water partition coefficient (Wildman–Crippen LogP) is 4.06. The molecule has 0 amide bonds. The SMILES string of the molecule is CC1(C)[C@H](C(=O)OC(C#N)c2cccc(Oc3ccccc3)c2)[C@@H]1C=O. The number of hydrogen-bond acceptors (Lipinski definition) is 5. The van der Waals surface area contributed by atoms with Crippen LogP contribution >= 0.6 is 0 Å². The molecule has 0 aliphatic heterocycles. The van der Waals surface area contributed by atoms with Gasteiger partial charge in [0, 0.05) is 11.5 Å². The summed E-state index contributed by atoms with van der Waals surface area (Å²) >= 11 is 0. The Morgan fingerprint density at radius 2 is 1.85 bits per heavy atom. The molecule has 1 fully saturated rings. The Morgan fingerprint density at radius 1 is 1.15 bits per heavy atom. The van der Waals surface area contributed by atoms with Crippen molar-refractivity contribution >= 4 is 12.3 Å². The molecular weight excluding hydrogens is 330 g/mol. The van der Waals surface area contributed by atoms with Crippen molar-refractivity contribution in [3.05, 3.63) is 60.2 Å². The quantitative estimate of drug-likeness (QED) is 0.581. The number of nitrogens with zero attached hydrogens (tertiary/aromatic N) is 1. The Labute approximate surface area is 152 Å². The number of para-hydroxylation sites is 1. The van der Waals surface area contributed by atoms with E-state index in [1.165, 1.54) is 0 Å². The van der Waals surface area contributed by atoms with Crippen LogP contribution < -0.4 is 4.74 Å². The van der Waals surface area contributed by atoms with Gasteiger partial charge in [-0.1, -0.05) is 44.2 Å². The molecule has 5 nitrogen and oxygen atoms in total. The van der Waals surface area contributed by atoms with Gasteiger partial charge < -0.3 is 14.3 Å². The Morgan fingerprint density at radius 3 is 2.46 bits per heavy atom. The lowest BCUT2D eigenvalue weighted by atomic mass is 10.1. The van der Waals surface area contributed by atoms with Gasteiger partial charge in [0.2, 0.25) is 6.10 Å². The zero-order valence-corrected chi connectivity index (χ0v) is 14.6. The third kappa shape index (κ3) is 3.45. The monoisotopic (exact) mass is 349 g/mol. The van der Waals surface area contributed by atoms with Crippen molar-refractivity contribution in [2.24, 2.45) is 17.3 Å². The number of nitriles is 1. The Bertz CT molecular complexity index is 854. The molecule has 3 atom stereocenters. The maximum Gasteiger partial charge on any atom is 0.311 e. The Hall–Kier alpha value is -3.13. The van der Waals surface area contributed by atoms with E-state index in [4.69, 9.17) is 9.47 Å². The molecule has 132 valence electrons. The smallest absolute Gasteiger partial charge is 0.311 e. The van der Waals surface area contributed by atoms with E-state index in [0.717, 1.165) is 6.29 Å². The molecule has 0 heterocycles. The van der Waals surface area contributed by atoms with Crippen LogP contribution in [0.5, 0.6) is 11.5 Å². The van der Waals surface area contributed by atoms with Gasteiger partial charge in [0.1, 0.15) is 23.9 Å². The van der Waals surface area contributed by atoms with E-state index in [-0.39, 0.29) is 5.92 Å². The van der Waals surface area contributed by atoms with Gasteiger partial charge in [-0.2, -0.15) is 5.26 Å². The lowest BCUT2D eigenvalue weighted by molar-refractivity contribution is -0.149. The minimum absolute atomic E-state index is 0.359. The molecule has 3 rings (SSSR count). The van der Waals surface area contributed by atoms with Crippen LogP contribution in [0.2, 0.25) is 0 Å². The summed E-state index contributed by atoms with van der Waals surface area (Å²) in [6, 6.07) is 18.1. The second-order valence-electron chi connectivity index (χ2n) is 6.89. The first-order chi connectivity index (χ1) is 12.5. The number of rotatable bonds is 6. The highest BCUT2D eigenvalue weighted by atomic mass is 16.5. The number of carbonyl (C=O) groups is 2. The molecular formula is C21H19NO4. The van der Waals surface area contributed by atoms with Gasteiger partial charge in [0.05, 0.1) is 5.92 Å². The topological polar surface area (TPSA) is 76.4 Å². The van der Waals surface area contributed by atoms with Gasteiger partial charge in [0.25, 0.3) is 0 Å². The average molecular weight is 349 g/mol. The van der Waals surface area contributed by atoms with Crippen molar-refractivity contribution in [3.8, 4) is 17.6 Å². The highest BCUT2D eigenvalue weighted by Gasteiger charge is 2.63. The fraction of sp³-hybridized carbons (Fsp3) is 0.286. The molecule has 0 bridgehead atoms. The summed E-state index contributed by atoms with van der Waals surface area (Å²) in [6.07, 6.45) is -0.271. The van der Waals surface area contributed by atoms with Crippen LogP contribution in [0.15, 0.2) is 54.6 Å². The minimum atomic E-state index is -1.05. The number of ether oxygens (including phenoxy) is 2. The summed E-state index contributed by atoms with van der Waals surface area (Å²) < 4.78 is 11.1. The van der Waals surface area contributed by atoms with Gasteiger partial charge in [-0.25, -0.2) is 0 Å². The van der Waals surface area contributed by atoms with E-state index >= 15 is 0 Å². The molecule has 0 spiro atoms. The summed E-state index contributed by atoms with van der Waals surface area (Å²) in [5.41, 5.74) is 0.104. The van der Waals surface area contributed by atoms with Crippen LogP contribution in [0.25, 0.3) is 0 Å². The van der Waals surface area contributed by atoms with Gasteiger partial charge >= 0.3 is 5.97 Å². The summed E-state index contributed by atoms with van der Waals surface area (Å²) in [6.45, 7) is 3.68. The third-order valence-electron chi connectivity index (χ3n) is 4.80. The maximum atomic E-state index is 12.3. The second-order valence-corrected chi connectivity index (χ2v) is 6.89. The first kappa shape index (κ1) is 17.7. The molecule has 1 aliphatic rings. The van der Waals surface area contributed by atoms with Crippen LogP contribution in [0.3, 0.4) is 0 Å². The number of aldehydes is 1. The molecule has 1 saturated carbocycles. The highest BCUT2D eigenvalue weighted by Crippen LogP contribution is 2.57. The molecule has 0 aromatic heterocycles. The van der Waals surface area contributed by atoms with Crippen molar-refractivity contribution in [1.82, 2.24) is 0 Å². The van der Waals surface area contributed by atoms with E-state index in [9.17, 15) is 14.9 Å². The summed E-state index contributed by atoms with van der Waals surface area (Å²) in [5.74, 6) is -0.166. The lowest BCUT2D eigenvalue weighted by Crippen LogP contribution is -2.14. The normalized spacial score (nSPS) is 21.1. The number of esters is 1. The first-order valence-electron chi connectivity index (χ1n) is 8.35. The van der Waals surface area contributed by atoms with Crippen molar-refractivity contribution in [2.45, 2.75) is 20.0 Å². The van der Waals surface area contributed by atoms with E-state index in [1.54, 1.807) is 24.3 Å². The van der Waals surface area contributed by atoms with Crippen LogP contribution in [-0.2, 0) is 14.3 Å². The van der Waals surface area contributed by atoms with E-state index < -0.39 is 23.4 Å². The zero-order valence-electron chi connectivity index (χ0n) is 14.6. The molecule has 1 unspecified atom stereocenters. The van der Waals surface area contributed by atoms with E-state index in [1.807, 2.05) is 50.2 Å². The molecule has 2 aromatic rings. The standard InChI is InChI=1S/C21H19NO4/c1-21(2)17(13-23)19(21)20(24)26-18(12-22)14-7-6-10-16(11-14)25-15-8-4-3-5-9-15/h3-11,13,17-19H,1-2H3/t17-,18?,19-/m0/s1. The number of benzene rings is 2. The molecule has 1 aliphatic carbocycles. The van der Waals surface area contributed by atoms with E-state index in [2.05, 4.69) is 0 Å². The fourth-order valence-corrected chi connectivity index (χ4v) is 3.11. The van der Waals surface area contributed by atoms with Crippen LogP contribution in [0.4, 0.5) is 0 Å². The third-order valence-corrected chi connectivity index (χ3v) is 4.80. The van der Waals surface area contributed by atoms with Crippen molar-refractivity contribution < 1.29 is 19.1 Å². The average Bonchev–Trinajstić information content (AvgIpc) is 3.21. The Balaban J connectivity index is 1.73. The lowest BCUT2D eigenvalue weighted by Gasteiger charge is -2.13. The molecule has 26 heavy (non-hydrogen) atoms. The largest absolute Gasteiger partial charge is 0.457 e. The summed E-state index contributed by atoms with van der Waals surface area (Å²) in [7, 11) is 0. The van der Waals surface area contributed by atoms with Gasteiger partial charge in [0.15, 0.2) is 0 Å². The summed E-state index contributed by atoms with van der Waals surface area (Å²) in [4.78, 5) is 23.4. The first-order valence-corrected chi connectivity index (χ1v) is 8.35. The molecule has 5 heteroatoms. The zero-order chi connectivity index (χ0) is 18.7. The van der Waals surface area contributed by atoms with Crippen LogP contribution in [0, 0.1) is 28.6 Å². The summed E-state index contributed by atoms with van der Waals surface area (Å²) in [5, 5.41) is 9.43. The fourth-order valence-electron chi connectivity index (χ4n) is 3.11. The highest BCUT2D eigenvalue weighted by molar-refractivity contribution is 5.84. The molecule has 0 N–H and O–H groups in total. The van der Waals surface area contributed by atoms with Gasteiger partial charge in [-0.3, -0.25) is 4.79 Å².